The Hall–Kier alpha value is -2.97. The first kappa shape index (κ1) is 20.9. The van der Waals surface area contributed by atoms with Gasteiger partial charge in [-0.25, -0.2) is 15.0 Å². The van der Waals surface area contributed by atoms with Crippen molar-refractivity contribution in [2.24, 2.45) is 0 Å². The number of rotatable bonds is 5. The fraction of sp³-hybridized carbons (Fsp3) is 0.609. The van der Waals surface area contributed by atoms with Crippen molar-refractivity contribution in [1.29, 1.82) is 0 Å². The van der Waals surface area contributed by atoms with E-state index in [4.69, 9.17) is 0 Å². The normalized spacial score (nSPS) is 19.3. The summed E-state index contributed by atoms with van der Waals surface area (Å²) in [4.78, 5) is 45.2. The molecule has 32 heavy (non-hydrogen) atoms. The number of amides is 1. The van der Waals surface area contributed by atoms with Crippen molar-refractivity contribution in [3.8, 4) is 0 Å². The Bertz CT molecular complexity index is 1030. The van der Waals surface area contributed by atoms with E-state index in [1.54, 1.807) is 6.07 Å². The molecular weight excluding hydrogens is 406 g/mol. The maximum Gasteiger partial charge on any atom is 0.254 e. The number of hydrogen-bond donors (Lipinski definition) is 0. The number of carbonyl (C=O) groups is 1. The van der Waals surface area contributed by atoms with E-state index in [2.05, 4.69) is 30.8 Å². The van der Waals surface area contributed by atoms with Gasteiger partial charge < -0.3 is 14.7 Å². The highest BCUT2D eigenvalue weighted by molar-refractivity contribution is 5.76. The Balaban J connectivity index is 1.20. The summed E-state index contributed by atoms with van der Waals surface area (Å²) in [5.74, 6) is 3.11. The molecule has 0 spiro atoms. The van der Waals surface area contributed by atoms with Gasteiger partial charge in [0, 0.05) is 57.3 Å². The average molecular weight is 438 g/mol. The van der Waals surface area contributed by atoms with Crippen LogP contribution < -0.4 is 15.4 Å². The smallest absolute Gasteiger partial charge is 0.254 e. The zero-order chi connectivity index (χ0) is 22.1. The van der Waals surface area contributed by atoms with Crippen LogP contribution >= 0.6 is 0 Å². The molecule has 2 aromatic rings. The third kappa shape index (κ3) is 4.61. The molecule has 170 valence electrons. The second kappa shape index (κ2) is 8.88. The molecule has 0 atom stereocenters. The molecule has 0 aromatic carbocycles. The van der Waals surface area contributed by atoms with Crippen LogP contribution in [0.15, 0.2) is 23.3 Å². The molecule has 2 saturated heterocycles. The minimum absolute atomic E-state index is 0.0411. The summed E-state index contributed by atoms with van der Waals surface area (Å²) in [7, 11) is 0. The summed E-state index contributed by atoms with van der Waals surface area (Å²) < 4.78 is 1.42. The number of piperazine rings is 1. The Morgan fingerprint density at radius 3 is 2.22 bits per heavy atom. The van der Waals surface area contributed by atoms with Gasteiger partial charge in [0.15, 0.2) is 0 Å². The maximum absolute atomic E-state index is 12.8. The van der Waals surface area contributed by atoms with Crippen molar-refractivity contribution in [3.63, 3.8) is 0 Å². The molecule has 9 nitrogen and oxygen atoms in total. The Morgan fingerprint density at radius 1 is 0.938 bits per heavy atom. The van der Waals surface area contributed by atoms with E-state index in [-0.39, 0.29) is 18.0 Å². The van der Waals surface area contributed by atoms with Gasteiger partial charge in [-0.3, -0.25) is 14.2 Å². The first-order chi connectivity index (χ1) is 15.6. The van der Waals surface area contributed by atoms with Gasteiger partial charge >= 0.3 is 0 Å². The highest BCUT2D eigenvalue weighted by atomic mass is 16.2. The zero-order valence-electron chi connectivity index (χ0n) is 18.7. The summed E-state index contributed by atoms with van der Waals surface area (Å²) in [6, 6.07) is 3.67. The van der Waals surface area contributed by atoms with Gasteiger partial charge in [0.25, 0.3) is 5.56 Å². The summed E-state index contributed by atoms with van der Waals surface area (Å²) >= 11 is 0. The molecule has 0 N–H and O–H groups in total. The lowest BCUT2D eigenvalue weighted by atomic mass is 10.1. The first-order valence-corrected chi connectivity index (χ1v) is 11.8. The topological polar surface area (TPSA) is 87.5 Å². The van der Waals surface area contributed by atoms with Crippen molar-refractivity contribution in [1.82, 2.24) is 24.4 Å². The van der Waals surface area contributed by atoms with E-state index in [1.165, 1.54) is 30.2 Å². The predicted octanol–water partition coefficient (Wildman–Crippen LogP) is 1.56. The van der Waals surface area contributed by atoms with E-state index in [0.29, 0.717) is 19.0 Å². The molecule has 9 heteroatoms. The van der Waals surface area contributed by atoms with Crippen LogP contribution in [0.3, 0.4) is 0 Å². The first-order valence-electron chi connectivity index (χ1n) is 11.8. The zero-order valence-corrected chi connectivity index (χ0v) is 18.7. The molecule has 4 heterocycles. The van der Waals surface area contributed by atoms with Crippen molar-refractivity contribution >= 4 is 17.5 Å². The minimum Gasteiger partial charge on any atom is -0.356 e. The van der Waals surface area contributed by atoms with Crippen LogP contribution in [0, 0.1) is 6.92 Å². The molecule has 0 bridgehead atoms. The molecular formula is C23H31N7O2. The van der Waals surface area contributed by atoms with E-state index >= 15 is 0 Å². The summed E-state index contributed by atoms with van der Waals surface area (Å²) in [5, 5.41) is 0. The Morgan fingerprint density at radius 2 is 1.59 bits per heavy atom. The van der Waals surface area contributed by atoms with Crippen LogP contribution in [0.5, 0.6) is 0 Å². The van der Waals surface area contributed by atoms with Gasteiger partial charge in [-0.1, -0.05) is 0 Å². The molecule has 3 fully saturated rings. The van der Waals surface area contributed by atoms with E-state index in [1.807, 2.05) is 11.8 Å². The predicted molar refractivity (Wildman–Crippen MR) is 122 cm³/mol. The van der Waals surface area contributed by atoms with Crippen molar-refractivity contribution < 1.29 is 4.79 Å². The third-order valence-electron chi connectivity index (χ3n) is 6.65. The Kier molecular flexibility index (Phi) is 5.80. The average Bonchev–Trinajstić information content (AvgIpc) is 3.66. The number of aryl methyl sites for hydroxylation is 1. The largest absolute Gasteiger partial charge is 0.356 e. The quantitative estimate of drug-likeness (QED) is 0.701. The van der Waals surface area contributed by atoms with Crippen LogP contribution in [0.2, 0.25) is 0 Å². The second-order valence-electron chi connectivity index (χ2n) is 9.10. The van der Waals surface area contributed by atoms with E-state index in [0.717, 1.165) is 62.2 Å². The highest BCUT2D eigenvalue weighted by Gasteiger charge is 2.26. The SMILES string of the molecule is Cc1nc(N2CCCCC2)cc(N2CCN(C(=O)Cn3cnc(C4CC4)cc3=O)CC2)n1. The number of nitrogens with zero attached hydrogens (tertiary/aromatic N) is 7. The lowest BCUT2D eigenvalue weighted by Crippen LogP contribution is -2.50. The van der Waals surface area contributed by atoms with E-state index < -0.39 is 0 Å². The number of carbonyl (C=O) groups excluding carboxylic acids is 1. The number of aromatic nitrogens is 4. The summed E-state index contributed by atoms with van der Waals surface area (Å²) in [6.07, 6.45) is 7.43. The summed E-state index contributed by atoms with van der Waals surface area (Å²) in [6.45, 7) is 6.75. The molecule has 2 aliphatic heterocycles. The molecule has 0 unspecified atom stereocenters. The fourth-order valence-corrected chi connectivity index (χ4v) is 4.58. The maximum atomic E-state index is 12.8. The monoisotopic (exact) mass is 437 g/mol. The third-order valence-corrected chi connectivity index (χ3v) is 6.65. The Labute approximate surface area is 188 Å². The highest BCUT2D eigenvalue weighted by Crippen LogP contribution is 2.38. The number of piperidine rings is 1. The lowest BCUT2D eigenvalue weighted by Gasteiger charge is -2.36. The van der Waals surface area contributed by atoms with Crippen LogP contribution in [-0.4, -0.2) is 69.6 Å². The van der Waals surface area contributed by atoms with Gasteiger partial charge in [0.1, 0.15) is 24.0 Å². The second-order valence-corrected chi connectivity index (χ2v) is 9.10. The minimum atomic E-state index is -0.143. The molecule has 3 aliphatic rings. The molecule has 2 aromatic heterocycles. The van der Waals surface area contributed by atoms with Crippen LogP contribution in [0.1, 0.15) is 49.5 Å². The molecule has 5 rings (SSSR count). The molecule has 1 amide bonds. The van der Waals surface area contributed by atoms with Crippen molar-refractivity contribution in [3.05, 3.63) is 40.3 Å². The summed E-state index contributed by atoms with van der Waals surface area (Å²) in [5.41, 5.74) is 0.715. The number of anilines is 2. The fourth-order valence-electron chi connectivity index (χ4n) is 4.58. The van der Waals surface area contributed by atoms with Crippen LogP contribution in [0.25, 0.3) is 0 Å². The van der Waals surface area contributed by atoms with Crippen LogP contribution in [-0.2, 0) is 11.3 Å². The van der Waals surface area contributed by atoms with Crippen LogP contribution in [0.4, 0.5) is 11.6 Å². The molecule has 1 aliphatic carbocycles. The van der Waals surface area contributed by atoms with E-state index in [9.17, 15) is 9.59 Å². The molecule has 1 saturated carbocycles. The molecule has 0 radical (unpaired) electrons. The van der Waals surface area contributed by atoms with Gasteiger partial charge in [0.05, 0.1) is 12.0 Å². The van der Waals surface area contributed by atoms with Gasteiger partial charge in [-0.15, -0.1) is 0 Å². The van der Waals surface area contributed by atoms with Crippen molar-refractivity contribution in [2.75, 3.05) is 49.1 Å². The van der Waals surface area contributed by atoms with Gasteiger partial charge in [-0.2, -0.15) is 0 Å². The van der Waals surface area contributed by atoms with Gasteiger partial charge in [0.2, 0.25) is 5.91 Å². The lowest BCUT2D eigenvalue weighted by molar-refractivity contribution is -0.132. The van der Waals surface area contributed by atoms with Gasteiger partial charge in [-0.05, 0) is 39.0 Å². The number of hydrogen-bond acceptors (Lipinski definition) is 7. The van der Waals surface area contributed by atoms with Crippen molar-refractivity contribution in [2.45, 2.75) is 51.5 Å². The standard InChI is InChI=1S/C23H31N7O2/c1-17-25-20(27-7-3-2-4-8-27)14-21(26-17)28-9-11-29(12-10-28)23(32)15-30-16-24-19(13-22(30)31)18-5-6-18/h13-14,16,18H,2-12,15H2,1H3.